The zero-order valence-corrected chi connectivity index (χ0v) is 22.7. The maximum Gasteiger partial charge on any atom is 0.0384 e. The predicted octanol–water partition coefficient (Wildman–Crippen LogP) is 9.18. The highest BCUT2D eigenvalue weighted by atomic mass is 14.9. The summed E-state index contributed by atoms with van der Waals surface area (Å²) in [6.07, 6.45) is 13.4. The summed E-state index contributed by atoms with van der Waals surface area (Å²) >= 11 is 0. The monoisotopic (exact) mass is 470 g/mol. The molecule has 2 aromatic rings. The summed E-state index contributed by atoms with van der Waals surface area (Å²) in [5.41, 5.74) is 10.4. The Bertz CT molecular complexity index is 1040. The Morgan fingerprint density at radius 3 is 2.57 bits per heavy atom. The van der Waals surface area contributed by atoms with E-state index in [1.165, 1.54) is 65.5 Å². The third-order valence-corrected chi connectivity index (χ3v) is 7.46. The van der Waals surface area contributed by atoms with Gasteiger partial charge in [0.25, 0.3) is 0 Å². The van der Waals surface area contributed by atoms with E-state index in [9.17, 15) is 0 Å². The molecule has 0 saturated heterocycles. The van der Waals surface area contributed by atoms with E-state index < -0.39 is 0 Å². The molecule has 0 radical (unpaired) electrons. The second-order valence-electron chi connectivity index (χ2n) is 10.3. The van der Waals surface area contributed by atoms with Crippen LogP contribution in [-0.4, -0.2) is 6.54 Å². The molecule has 35 heavy (non-hydrogen) atoms. The molecule has 0 bridgehead atoms. The molecule has 1 aliphatic carbocycles. The third-order valence-electron chi connectivity index (χ3n) is 7.46. The molecule has 2 N–H and O–H groups in total. The lowest BCUT2D eigenvalue weighted by Gasteiger charge is -2.24. The van der Waals surface area contributed by atoms with Crippen molar-refractivity contribution in [3.63, 3.8) is 0 Å². The van der Waals surface area contributed by atoms with Crippen LogP contribution < -0.4 is 10.6 Å². The molecule has 0 aromatic heterocycles. The predicted molar refractivity (Wildman–Crippen MR) is 154 cm³/mol. The van der Waals surface area contributed by atoms with Crippen LogP contribution in [0, 0.1) is 19.8 Å². The summed E-state index contributed by atoms with van der Waals surface area (Å²) in [4.78, 5) is 0. The molecule has 2 nitrogen and oxygen atoms in total. The summed E-state index contributed by atoms with van der Waals surface area (Å²) in [5.74, 6) is 1.13. The van der Waals surface area contributed by atoms with Crippen molar-refractivity contribution in [3.05, 3.63) is 100 Å². The van der Waals surface area contributed by atoms with Gasteiger partial charge in [-0.1, -0.05) is 81.2 Å². The second-order valence-corrected chi connectivity index (χ2v) is 10.3. The van der Waals surface area contributed by atoms with E-state index in [-0.39, 0.29) is 5.92 Å². The zero-order valence-electron chi connectivity index (χ0n) is 22.7. The molecule has 0 aliphatic heterocycles. The van der Waals surface area contributed by atoms with Crippen LogP contribution in [0.5, 0.6) is 0 Å². The molecule has 2 heteroatoms. The van der Waals surface area contributed by atoms with Crippen LogP contribution >= 0.6 is 0 Å². The molecular weight excluding hydrogens is 424 g/mol. The second kappa shape index (κ2) is 13.4. The molecule has 3 rings (SSSR count). The number of hydrogen-bond acceptors (Lipinski definition) is 2. The van der Waals surface area contributed by atoms with E-state index in [1.807, 2.05) is 0 Å². The number of nitrogens with one attached hydrogen (secondary N) is 2. The van der Waals surface area contributed by atoms with Crippen molar-refractivity contribution >= 4 is 5.69 Å². The van der Waals surface area contributed by atoms with E-state index in [0.717, 1.165) is 36.7 Å². The maximum atomic E-state index is 4.39. The number of aryl methyl sites for hydroxylation is 1. The molecule has 1 fully saturated rings. The van der Waals surface area contributed by atoms with E-state index in [0.29, 0.717) is 0 Å². The van der Waals surface area contributed by atoms with E-state index >= 15 is 0 Å². The molecule has 2 aromatic carbocycles. The Kier molecular flexibility index (Phi) is 10.3. The lowest BCUT2D eigenvalue weighted by molar-refractivity contribution is 0.319. The van der Waals surface area contributed by atoms with Gasteiger partial charge in [0.05, 0.1) is 0 Å². The lowest BCUT2D eigenvalue weighted by Crippen LogP contribution is -2.11. The van der Waals surface area contributed by atoms with Gasteiger partial charge >= 0.3 is 0 Å². The van der Waals surface area contributed by atoms with Crippen molar-refractivity contribution in [2.24, 2.45) is 5.92 Å². The van der Waals surface area contributed by atoms with Crippen LogP contribution in [-0.2, 0) is 0 Å². The van der Waals surface area contributed by atoms with Gasteiger partial charge in [-0.25, -0.2) is 0 Å². The number of hydrogen-bond donors (Lipinski definition) is 2. The van der Waals surface area contributed by atoms with Gasteiger partial charge < -0.3 is 10.6 Å². The molecule has 0 spiro atoms. The fourth-order valence-electron chi connectivity index (χ4n) is 5.08. The van der Waals surface area contributed by atoms with Crippen LogP contribution in [0.3, 0.4) is 0 Å². The van der Waals surface area contributed by atoms with Crippen molar-refractivity contribution < 1.29 is 0 Å². The van der Waals surface area contributed by atoms with Crippen LogP contribution in [0.1, 0.15) is 93.9 Å². The molecule has 0 heterocycles. The van der Waals surface area contributed by atoms with Gasteiger partial charge in [0, 0.05) is 30.3 Å². The van der Waals surface area contributed by atoms with Crippen molar-refractivity contribution in [3.8, 4) is 0 Å². The number of anilines is 1. The highest BCUT2D eigenvalue weighted by molar-refractivity contribution is 5.55. The minimum Gasteiger partial charge on any atom is -0.391 e. The Morgan fingerprint density at radius 1 is 1.11 bits per heavy atom. The van der Waals surface area contributed by atoms with E-state index in [4.69, 9.17) is 0 Å². The summed E-state index contributed by atoms with van der Waals surface area (Å²) in [7, 11) is 0. The Balaban J connectivity index is 1.81. The lowest BCUT2D eigenvalue weighted by atomic mass is 9.82. The summed E-state index contributed by atoms with van der Waals surface area (Å²) in [6.45, 7) is 16.4. The molecule has 1 unspecified atom stereocenters. The fraction of sp³-hybridized carbons (Fsp3) is 0.455. The van der Waals surface area contributed by atoms with Crippen molar-refractivity contribution in [2.45, 2.75) is 85.5 Å². The highest BCUT2D eigenvalue weighted by Gasteiger charge is 2.20. The molecule has 1 saturated carbocycles. The van der Waals surface area contributed by atoms with Crippen molar-refractivity contribution in [1.29, 1.82) is 0 Å². The van der Waals surface area contributed by atoms with Crippen LogP contribution in [0.2, 0.25) is 0 Å². The van der Waals surface area contributed by atoms with Gasteiger partial charge in [-0.15, -0.1) is 0 Å². The van der Waals surface area contributed by atoms with Gasteiger partial charge in [-0.3, -0.25) is 0 Å². The van der Waals surface area contributed by atoms with Crippen LogP contribution in [0.25, 0.3) is 0 Å². The summed E-state index contributed by atoms with van der Waals surface area (Å²) in [5, 5.41) is 7.04. The van der Waals surface area contributed by atoms with E-state index in [2.05, 4.69) is 107 Å². The number of benzene rings is 2. The van der Waals surface area contributed by atoms with Crippen LogP contribution in [0.4, 0.5) is 5.69 Å². The highest BCUT2D eigenvalue weighted by Crippen LogP contribution is 2.36. The fourth-order valence-corrected chi connectivity index (χ4v) is 5.08. The Hall–Kier alpha value is -2.74. The van der Waals surface area contributed by atoms with Crippen LogP contribution in [0.15, 0.2) is 78.2 Å². The molecule has 188 valence electrons. The molecule has 0 amide bonds. The quantitative estimate of drug-likeness (QED) is 0.285. The number of allylic oxidation sites excluding steroid dienone is 3. The third kappa shape index (κ3) is 7.62. The maximum absolute atomic E-state index is 4.39. The average Bonchev–Trinajstić information content (AvgIpc) is 2.80. The smallest absolute Gasteiger partial charge is 0.0384 e. The van der Waals surface area contributed by atoms with Gasteiger partial charge in [0.2, 0.25) is 0 Å². The molecule has 1 atom stereocenters. The van der Waals surface area contributed by atoms with Crippen molar-refractivity contribution in [2.75, 3.05) is 11.9 Å². The molecular formula is C33H46N2. The first-order chi connectivity index (χ1) is 16.9. The first-order valence-electron chi connectivity index (χ1n) is 13.6. The van der Waals surface area contributed by atoms with Gasteiger partial charge in [0.1, 0.15) is 0 Å². The largest absolute Gasteiger partial charge is 0.391 e. The minimum atomic E-state index is 0.210. The average molecular weight is 471 g/mol. The minimum absolute atomic E-state index is 0.210. The Morgan fingerprint density at radius 2 is 1.89 bits per heavy atom. The normalized spacial score (nSPS) is 15.5. The zero-order chi connectivity index (χ0) is 25.2. The molecule has 1 aliphatic rings. The number of rotatable bonds is 13. The van der Waals surface area contributed by atoms with Gasteiger partial charge in [-0.05, 0) is 92.6 Å². The summed E-state index contributed by atoms with van der Waals surface area (Å²) in [6, 6.07) is 15.6. The van der Waals surface area contributed by atoms with Gasteiger partial charge in [0.15, 0.2) is 0 Å². The first-order valence-corrected chi connectivity index (χ1v) is 13.6. The topological polar surface area (TPSA) is 24.1 Å². The Labute approximate surface area is 214 Å². The van der Waals surface area contributed by atoms with E-state index in [1.54, 1.807) is 0 Å². The standard InChI is InChI=1S/C33H46N2/c1-7-12-29(20-19-28-14-10-15-28)21-26(5)35-31-17-11-16-30(22-31)33(25(4)23-34-8-2)32-18-9-13-24(3)27(32)6/h9,11,13,16-18,20,22-23,28,33-35H,5,7-8,10,12,14-15,19,21H2,1-4,6H3/b25-23+,29-20+. The SMILES string of the molecule is C=C(C/C(=C/CC1CCC1)CCC)Nc1cccc(C(/C(C)=C/NCC)c2cccc(C)c2C)c1. The first kappa shape index (κ1) is 26.9. The summed E-state index contributed by atoms with van der Waals surface area (Å²) < 4.78 is 0. The van der Waals surface area contributed by atoms with Gasteiger partial charge in [-0.2, -0.15) is 0 Å². The van der Waals surface area contributed by atoms with Crippen molar-refractivity contribution in [1.82, 2.24) is 5.32 Å².